The minimum atomic E-state index is -0.290. The van der Waals surface area contributed by atoms with E-state index in [1.54, 1.807) is 10.9 Å². The minimum absolute atomic E-state index is 0.290. The molecule has 0 aliphatic rings. The van der Waals surface area contributed by atoms with Crippen LogP contribution in [0, 0.1) is 0 Å². The number of ether oxygens (including phenoxy) is 1. The summed E-state index contributed by atoms with van der Waals surface area (Å²) in [7, 11) is 0. The second kappa shape index (κ2) is 7.87. The summed E-state index contributed by atoms with van der Waals surface area (Å²) in [6.45, 7) is 2.47. The van der Waals surface area contributed by atoms with Gasteiger partial charge in [0, 0.05) is 5.56 Å². The Labute approximate surface area is 177 Å². The van der Waals surface area contributed by atoms with Crippen LogP contribution in [0.4, 0.5) is 0 Å². The normalized spacial score (nSPS) is 11.5. The average Bonchev–Trinajstić information content (AvgIpc) is 3.25. The van der Waals surface area contributed by atoms with Gasteiger partial charge in [-0.05, 0) is 35.9 Å². The van der Waals surface area contributed by atoms with Gasteiger partial charge in [0.15, 0.2) is 5.65 Å². The van der Waals surface area contributed by atoms with E-state index in [9.17, 15) is 4.79 Å². The van der Waals surface area contributed by atoms with Crippen molar-refractivity contribution in [1.29, 1.82) is 0 Å². The number of nitrogens with zero attached hydrogens (tertiary/aromatic N) is 5. The lowest BCUT2D eigenvalue weighted by molar-refractivity contribution is 0.340. The van der Waals surface area contributed by atoms with E-state index in [2.05, 4.69) is 15.2 Å². The van der Waals surface area contributed by atoms with Crippen molar-refractivity contribution in [2.24, 2.45) is 5.10 Å². The fraction of sp³-hybridized carbons (Fsp3) is 0.0833. The molecule has 2 aromatic heterocycles. The monoisotopic (exact) mass is 409 g/mol. The molecule has 7 nitrogen and oxygen atoms in total. The first-order valence-corrected chi connectivity index (χ1v) is 9.96. The Morgan fingerprint density at radius 1 is 1.00 bits per heavy atom. The SMILES string of the molecule is CCOc1ccc2ccccc2c1/C=N\n1cnc2c(cnn2-c2ccccc2)c1=O. The smallest absolute Gasteiger partial charge is 0.285 e. The lowest BCUT2D eigenvalue weighted by Gasteiger charge is -2.10. The molecule has 0 fully saturated rings. The van der Waals surface area contributed by atoms with Crippen molar-refractivity contribution in [2.45, 2.75) is 6.92 Å². The maximum absolute atomic E-state index is 13.0. The molecule has 0 spiro atoms. The minimum Gasteiger partial charge on any atom is -0.493 e. The number of para-hydroxylation sites is 1. The Bertz CT molecular complexity index is 1470. The maximum atomic E-state index is 13.0. The fourth-order valence-corrected chi connectivity index (χ4v) is 3.55. The van der Waals surface area contributed by atoms with E-state index in [-0.39, 0.29) is 5.56 Å². The van der Waals surface area contributed by atoms with Crippen LogP contribution in [0.5, 0.6) is 5.75 Å². The maximum Gasteiger partial charge on any atom is 0.285 e. The van der Waals surface area contributed by atoms with E-state index in [0.29, 0.717) is 23.4 Å². The summed E-state index contributed by atoms with van der Waals surface area (Å²) in [5, 5.41) is 11.2. The second-order valence-corrected chi connectivity index (χ2v) is 6.90. The van der Waals surface area contributed by atoms with Crippen molar-refractivity contribution >= 4 is 28.0 Å². The number of rotatable bonds is 5. The van der Waals surface area contributed by atoms with Gasteiger partial charge >= 0.3 is 0 Å². The molecule has 0 saturated heterocycles. The van der Waals surface area contributed by atoms with Crippen LogP contribution < -0.4 is 10.3 Å². The van der Waals surface area contributed by atoms with E-state index in [1.165, 1.54) is 17.2 Å². The van der Waals surface area contributed by atoms with Gasteiger partial charge in [-0.25, -0.2) is 9.67 Å². The number of benzene rings is 3. The third kappa shape index (κ3) is 3.36. The highest BCUT2D eigenvalue weighted by molar-refractivity contribution is 6.02. The van der Waals surface area contributed by atoms with Crippen LogP contribution in [0.3, 0.4) is 0 Å². The van der Waals surface area contributed by atoms with Gasteiger partial charge in [0.25, 0.3) is 5.56 Å². The predicted molar refractivity (Wildman–Crippen MR) is 121 cm³/mol. The summed E-state index contributed by atoms with van der Waals surface area (Å²) in [5.74, 6) is 0.712. The highest BCUT2D eigenvalue weighted by atomic mass is 16.5. The zero-order valence-electron chi connectivity index (χ0n) is 16.8. The van der Waals surface area contributed by atoms with Gasteiger partial charge in [-0.15, -0.1) is 0 Å². The molecule has 0 aliphatic carbocycles. The zero-order valence-corrected chi connectivity index (χ0v) is 16.8. The van der Waals surface area contributed by atoms with Crippen molar-refractivity contribution in [2.75, 3.05) is 6.61 Å². The largest absolute Gasteiger partial charge is 0.493 e. The summed E-state index contributed by atoms with van der Waals surface area (Å²) in [6, 6.07) is 21.5. The molecular formula is C24H19N5O2. The van der Waals surface area contributed by atoms with Crippen LogP contribution in [0.2, 0.25) is 0 Å². The summed E-state index contributed by atoms with van der Waals surface area (Å²) in [6.07, 6.45) is 4.57. The Kier molecular flexibility index (Phi) is 4.76. The summed E-state index contributed by atoms with van der Waals surface area (Å²) >= 11 is 0. The first-order chi connectivity index (χ1) is 15.3. The number of hydrogen-bond donors (Lipinski definition) is 0. The molecule has 0 saturated carbocycles. The Morgan fingerprint density at radius 2 is 1.81 bits per heavy atom. The molecule has 3 aromatic carbocycles. The van der Waals surface area contributed by atoms with Gasteiger partial charge in [-0.3, -0.25) is 4.79 Å². The van der Waals surface area contributed by atoms with Gasteiger partial charge in [0.2, 0.25) is 0 Å². The Balaban J connectivity index is 1.60. The first kappa shape index (κ1) is 18.7. The molecule has 7 heteroatoms. The van der Waals surface area contributed by atoms with Gasteiger partial charge in [-0.1, -0.05) is 48.5 Å². The van der Waals surface area contributed by atoms with Crippen molar-refractivity contribution in [3.63, 3.8) is 0 Å². The number of fused-ring (bicyclic) bond motifs is 2. The van der Waals surface area contributed by atoms with Gasteiger partial charge in [-0.2, -0.15) is 14.9 Å². The fourth-order valence-electron chi connectivity index (χ4n) is 3.55. The van der Waals surface area contributed by atoms with E-state index < -0.39 is 0 Å². The zero-order chi connectivity index (χ0) is 21.2. The van der Waals surface area contributed by atoms with Gasteiger partial charge < -0.3 is 4.74 Å². The van der Waals surface area contributed by atoms with Crippen LogP contribution in [-0.4, -0.2) is 32.3 Å². The van der Waals surface area contributed by atoms with Crippen molar-refractivity contribution in [1.82, 2.24) is 19.4 Å². The van der Waals surface area contributed by atoms with Crippen LogP contribution >= 0.6 is 0 Å². The second-order valence-electron chi connectivity index (χ2n) is 6.90. The van der Waals surface area contributed by atoms with E-state index in [4.69, 9.17) is 4.74 Å². The Hall–Kier alpha value is -4.26. The predicted octanol–water partition coefficient (Wildman–Crippen LogP) is 4.02. The molecule has 152 valence electrons. The Morgan fingerprint density at radius 3 is 2.65 bits per heavy atom. The average molecular weight is 409 g/mol. The molecule has 0 aliphatic heterocycles. The summed E-state index contributed by atoms with van der Waals surface area (Å²) < 4.78 is 8.64. The molecule has 0 bridgehead atoms. The molecular weight excluding hydrogens is 390 g/mol. The van der Waals surface area contributed by atoms with Crippen LogP contribution in [0.15, 0.2) is 89.2 Å². The third-order valence-electron chi connectivity index (χ3n) is 5.01. The van der Waals surface area contributed by atoms with E-state index in [0.717, 1.165) is 22.0 Å². The van der Waals surface area contributed by atoms with Crippen LogP contribution in [-0.2, 0) is 0 Å². The van der Waals surface area contributed by atoms with Crippen molar-refractivity contribution in [3.8, 4) is 11.4 Å². The molecule has 0 N–H and O–H groups in total. The van der Waals surface area contributed by atoms with Crippen LogP contribution in [0.25, 0.3) is 27.5 Å². The van der Waals surface area contributed by atoms with E-state index in [1.807, 2.05) is 73.7 Å². The summed E-state index contributed by atoms with van der Waals surface area (Å²) in [5.41, 5.74) is 1.85. The molecule has 0 atom stereocenters. The molecule has 5 rings (SSSR count). The van der Waals surface area contributed by atoms with E-state index >= 15 is 0 Å². The highest BCUT2D eigenvalue weighted by Crippen LogP contribution is 2.26. The molecule has 2 heterocycles. The molecule has 5 aromatic rings. The molecule has 31 heavy (non-hydrogen) atoms. The standard InChI is InChI=1S/C24H19N5O2/c1-2-31-22-13-12-17-8-6-7-11-19(17)20(22)14-26-28-16-25-23-21(24(28)30)15-27-29(23)18-9-4-3-5-10-18/h3-16H,2H2,1H3/b26-14-. The molecule has 0 radical (unpaired) electrons. The topological polar surface area (TPSA) is 74.3 Å². The highest BCUT2D eigenvalue weighted by Gasteiger charge is 2.12. The van der Waals surface area contributed by atoms with Crippen molar-refractivity contribution < 1.29 is 4.74 Å². The molecule has 0 amide bonds. The lowest BCUT2D eigenvalue weighted by atomic mass is 10.0. The number of aromatic nitrogens is 4. The summed E-state index contributed by atoms with van der Waals surface area (Å²) in [4.78, 5) is 17.4. The van der Waals surface area contributed by atoms with Crippen molar-refractivity contribution in [3.05, 3.63) is 95.2 Å². The first-order valence-electron chi connectivity index (χ1n) is 9.96. The van der Waals surface area contributed by atoms with Gasteiger partial charge in [0.05, 0.1) is 24.7 Å². The lowest BCUT2D eigenvalue weighted by Crippen LogP contribution is -2.17. The third-order valence-corrected chi connectivity index (χ3v) is 5.01. The molecule has 0 unspecified atom stereocenters. The van der Waals surface area contributed by atoms with Crippen LogP contribution in [0.1, 0.15) is 12.5 Å². The number of hydrogen-bond acceptors (Lipinski definition) is 5. The quantitative estimate of drug-likeness (QED) is 0.411. The van der Waals surface area contributed by atoms with Gasteiger partial charge in [0.1, 0.15) is 17.5 Å².